The van der Waals surface area contributed by atoms with Crippen molar-refractivity contribution in [3.05, 3.63) is 12.2 Å². The van der Waals surface area contributed by atoms with Crippen molar-refractivity contribution in [1.82, 2.24) is 4.90 Å². The van der Waals surface area contributed by atoms with E-state index in [0.717, 1.165) is 0 Å². The molecular formula is C10H21N. The van der Waals surface area contributed by atoms with E-state index in [0.29, 0.717) is 0 Å². The SMILES string of the molecule is C/C=C\C(C)(CCC)N(C)C. The summed E-state index contributed by atoms with van der Waals surface area (Å²) in [4.78, 5) is 2.27. The zero-order valence-corrected chi connectivity index (χ0v) is 8.52. The summed E-state index contributed by atoms with van der Waals surface area (Å²) in [7, 11) is 4.27. The fraction of sp³-hybridized carbons (Fsp3) is 0.800. The predicted molar refractivity (Wildman–Crippen MR) is 51.8 cm³/mol. The molecule has 0 radical (unpaired) electrons. The van der Waals surface area contributed by atoms with Crippen molar-refractivity contribution in [3.63, 3.8) is 0 Å². The van der Waals surface area contributed by atoms with Gasteiger partial charge in [-0.3, -0.25) is 0 Å². The summed E-state index contributed by atoms with van der Waals surface area (Å²) in [5.41, 5.74) is 0.253. The number of likely N-dealkylation sites (N-methyl/N-ethyl adjacent to an activating group) is 1. The van der Waals surface area contributed by atoms with Crippen molar-refractivity contribution in [1.29, 1.82) is 0 Å². The summed E-state index contributed by atoms with van der Waals surface area (Å²) in [6.45, 7) is 6.58. The Bertz CT molecular complexity index is 127. The maximum absolute atomic E-state index is 2.27. The first-order chi connectivity index (χ1) is 5.06. The summed E-state index contributed by atoms with van der Waals surface area (Å²) >= 11 is 0. The van der Waals surface area contributed by atoms with Crippen LogP contribution in [0.3, 0.4) is 0 Å². The predicted octanol–water partition coefficient (Wildman–Crippen LogP) is 2.68. The van der Waals surface area contributed by atoms with Crippen LogP contribution in [0.4, 0.5) is 0 Å². The van der Waals surface area contributed by atoms with Gasteiger partial charge in [0, 0.05) is 5.54 Å². The molecule has 0 bridgehead atoms. The van der Waals surface area contributed by atoms with Gasteiger partial charge in [0.2, 0.25) is 0 Å². The van der Waals surface area contributed by atoms with Crippen LogP contribution in [0.5, 0.6) is 0 Å². The zero-order chi connectivity index (χ0) is 8.91. The molecule has 0 rings (SSSR count). The molecule has 0 aromatic carbocycles. The number of allylic oxidation sites excluding steroid dienone is 1. The molecule has 0 spiro atoms. The van der Waals surface area contributed by atoms with Crippen LogP contribution >= 0.6 is 0 Å². The van der Waals surface area contributed by atoms with Crippen LogP contribution in [-0.4, -0.2) is 24.5 Å². The minimum atomic E-state index is 0.253. The van der Waals surface area contributed by atoms with Crippen LogP contribution in [0.15, 0.2) is 12.2 Å². The van der Waals surface area contributed by atoms with Crippen LogP contribution in [-0.2, 0) is 0 Å². The lowest BCUT2D eigenvalue weighted by atomic mass is 9.94. The molecule has 1 unspecified atom stereocenters. The van der Waals surface area contributed by atoms with Gasteiger partial charge in [-0.15, -0.1) is 0 Å². The van der Waals surface area contributed by atoms with E-state index in [2.05, 4.69) is 51.9 Å². The first-order valence-corrected chi connectivity index (χ1v) is 4.38. The van der Waals surface area contributed by atoms with Crippen LogP contribution < -0.4 is 0 Å². The molecule has 0 aliphatic carbocycles. The van der Waals surface area contributed by atoms with E-state index in [1.54, 1.807) is 0 Å². The van der Waals surface area contributed by atoms with Gasteiger partial charge in [0.1, 0.15) is 0 Å². The smallest absolute Gasteiger partial charge is 0.0356 e. The van der Waals surface area contributed by atoms with Gasteiger partial charge in [0.15, 0.2) is 0 Å². The van der Waals surface area contributed by atoms with E-state index in [1.165, 1.54) is 12.8 Å². The van der Waals surface area contributed by atoms with E-state index in [1.807, 2.05) is 0 Å². The second kappa shape index (κ2) is 4.55. The van der Waals surface area contributed by atoms with Crippen molar-refractivity contribution in [2.75, 3.05) is 14.1 Å². The minimum absolute atomic E-state index is 0.253. The van der Waals surface area contributed by atoms with Crippen LogP contribution in [0.1, 0.15) is 33.6 Å². The van der Waals surface area contributed by atoms with Gasteiger partial charge in [0.05, 0.1) is 0 Å². The maximum Gasteiger partial charge on any atom is 0.0356 e. The Morgan fingerprint density at radius 2 is 1.91 bits per heavy atom. The summed E-state index contributed by atoms with van der Waals surface area (Å²) < 4.78 is 0. The molecule has 0 saturated carbocycles. The molecule has 1 atom stereocenters. The highest BCUT2D eigenvalue weighted by molar-refractivity contribution is 5.02. The van der Waals surface area contributed by atoms with E-state index in [9.17, 15) is 0 Å². The van der Waals surface area contributed by atoms with Gasteiger partial charge >= 0.3 is 0 Å². The van der Waals surface area contributed by atoms with Crippen LogP contribution in [0, 0.1) is 0 Å². The topological polar surface area (TPSA) is 3.24 Å². The Morgan fingerprint density at radius 3 is 2.18 bits per heavy atom. The molecule has 1 heteroatoms. The van der Waals surface area contributed by atoms with Crippen molar-refractivity contribution < 1.29 is 0 Å². The molecule has 1 nitrogen and oxygen atoms in total. The van der Waals surface area contributed by atoms with Gasteiger partial charge in [-0.1, -0.05) is 25.5 Å². The Kier molecular flexibility index (Phi) is 4.43. The third kappa shape index (κ3) is 3.06. The molecule has 0 saturated heterocycles. The quantitative estimate of drug-likeness (QED) is 0.564. The number of hydrogen-bond donors (Lipinski definition) is 0. The minimum Gasteiger partial charge on any atom is -0.301 e. The highest BCUT2D eigenvalue weighted by Gasteiger charge is 2.21. The Labute approximate surface area is 71.1 Å². The van der Waals surface area contributed by atoms with Crippen molar-refractivity contribution in [2.45, 2.75) is 39.2 Å². The monoisotopic (exact) mass is 155 g/mol. The third-order valence-electron chi connectivity index (χ3n) is 2.30. The van der Waals surface area contributed by atoms with Crippen molar-refractivity contribution in [2.24, 2.45) is 0 Å². The lowest BCUT2D eigenvalue weighted by Gasteiger charge is -2.33. The second-order valence-electron chi connectivity index (χ2n) is 3.50. The molecule has 0 amide bonds. The van der Waals surface area contributed by atoms with Gasteiger partial charge < -0.3 is 4.90 Å². The Morgan fingerprint density at radius 1 is 1.36 bits per heavy atom. The van der Waals surface area contributed by atoms with Crippen molar-refractivity contribution >= 4 is 0 Å². The summed E-state index contributed by atoms with van der Waals surface area (Å²) in [5, 5.41) is 0. The van der Waals surface area contributed by atoms with Gasteiger partial charge in [0.25, 0.3) is 0 Å². The normalized spacial score (nSPS) is 17.6. The highest BCUT2D eigenvalue weighted by Crippen LogP contribution is 2.19. The molecule has 11 heavy (non-hydrogen) atoms. The zero-order valence-electron chi connectivity index (χ0n) is 8.52. The number of hydrogen-bond acceptors (Lipinski definition) is 1. The molecule has 0 aromatic heterocycles. The molecule has 0 N–H and O–H groups in total. The van der Waals surface area contributed by atoms with E-state index in [-0.39, 0.29) is 5.54 Å². The van der Waals surface area contributed by atoms with Crippen LogP contribution in [0.2, 0.25) is 0 Å². The largest absolute Gasteiger partial charge is 0.301 e. The maximum atomic E-state index is 2.27. The van der Waals surface area contributed by atoms with Crippen LogP contribution in [0.25, 0.3) is 0 Å². The third-order valence-corrected chi connectivity index (χ3v) is 2.30. The van der Waals surface area contributed by atoms with Gasteiger partial charge in [-0.05, 0) is 34.4 Å². The average Bonchev–Trinajstić information content (AvgIpc) is 1.88. The summed E-state index contributed by atoms with van der Waals surface area (Å²) in [6, 6.07) is 0. The van der Waals surface area contributed by atoms with Gasteiger partial charge in [-0.2, -0.15) is 0 Å². The fourth-order valence-corrected chi connectivity index (χ4v) is 1.32. The van der Waals surface area contributed by atoms with E-state index >= 15 is 0 Å². The number of nitrogens with zero attached hydrogens (tertiary/aromatic N) is 1. The van der Waals surface area contributed by atoms with Gasteiger partial charge in [-0.25, -0.2) is 0 Å². The number of rotatable bonds is 4. The van der Waals surface area contributed by atoms with Crippen molar-refractivity contribution in [3.8, 4) is 0 Å². The first-order valence-electron chi connectivity index (χ1n) is 4.38. The second-order valence-corrected chi connectivity index (χ2v) is 3.50. The molecule has 0 fully saturated rings. The Balaban J connectivity index is 4.25. The molecule has 0 heterocycles. The Hall–Kier alpha value is -0.300. The molecule has 0 aliphatic rings. The standard InChI is InChI=1S/C10H21N/c1-6-8-10(3,9-7-2)11(4)5/h6,8H,7,9H2,1-5H3/b8-6-. The average molecular weight is 155 g/mol. The molecule has 0 aliphatic heterocycles. The first kappa shape index (κ1) is 10.7. The summed E-state index contributed by atoms with van der Waals surface area (Å²) in [5.74, 6) is 0. The molecular weight excluding hydrogens is 134 g/mol. The van der Waals surface area contributed by atoms with E-state index < -0.39 is 0 Å². The van der Waals surface area contributed by atoms with E-state index in [4.69, 9.17) is 0 Å². The molecule has 66 valence electrons. The lowest BCUT2D eigenvalue weighted by molar-refractivity contribution is 0.214. The molecule has 0 aromatic rings. The fourth-order valence-electron chi connectivity index (χ4n) is 1.32. The highest BCUT2D eigenvalue weighted by atomic mass is 15.1. The lowest BCUT2D eigenvalue weighted by Crippen LogP contribution is -2.39. The summed E-state index contributed by atoms with van der Waals surface area (Å²) in [6.07, 6.45) is 6.87.